The van der Waals surface area contributed by atoms with Gasteiger partial charge in [0.1, 0.15) is 5.03 Å². The van der Waals surface area contributed by atoms with Crippen molar-refractivity contribution in [2.24, 2.45) is 0 Å². The fourth-order valence-electron chi connectivity index (χ4n) is 1.92. The number of H-pyrrole nitrogens is 1. The van der Waals surface area contributed by atoms with E-state index in [9.17, 15) is 0 Å². The molecule has 0 amide bonds. The highest BCUT2D eigenvalue weighted by Gasteiger charge is 2.10. The standard InChI is InChI=1S/C15H17N5S/c1-3-8-16-15-18-13-12(9-17-20-13)14(19-15)21-11-6-4-10(2)5-7-11/h4-7,9H,3,8H2,1-2H3,(H2,16,17,18,19,20). The van der Waals surface area contributed by atoms with Crippen LogP contribution >= 0.6 is 11.8 Å². The van der Waals surface area contributed by atoms with Gasteiger partial charge < -0.3 is 5.32 Å². The Morgan fingerprint density at radius 2 is 2.00 bits per heavy atom. The van der Waals surface area contributed by atoms with Crippen LogP contribution in [0.25, 0.3) is 11.0 Å². The summed E-state index contributed by atoms with van der Waals surface area (Å²) in [4.78, 5) is 10.2. The SMILES string of the molecule is CCCNc1nc(Sc2ccc(C)cc2)c2cn[nH]c2n1. The predicted octanol–water partition coefficient (Wildman–Crippen LogP) is 3.63. The average molecular weight is 299 g/mol. The lowest BCUT2D eigenvalue weighted by atomic mass is 10.2. The molecular formula is C15H17N5S. The third-order valence-corrected chi connectivity index (χ3v) is 4.06. The summed E-state index contributed by atoms with van der Waals surface area (Å²) in [5, 5.41) is 12.1. The van der Waals surface area contributed by atoms with Crippen LogP contribution in [0.1, 0.15) is 18.9 Å². The van der Waals surface area contributed by atoms with E-state index >= 15 is 0 Å². The molecule has 2 N–H and O–H groups in total. The van der Waals surface area contributed by atoms with Crippen LogP contribution in [0.2, 0.25) is 0 Å². The molecule has 0 saturated heterocycles. The minimum Gasteiger partial charge on any atom is -0.354 e. The fraction of sp³-hybridized carbons (Fsp3) is 0.267. The molecule has 3 aromatic rings. The molecule has 0 saturated carbocycles. The highest BCUT2D eigenvalue weighted by atomic mass is 32.2. The molecule has 2 heterocycles. The van der Waals surface area contributed by atoms with Crippen molar-refractivity contribution in [3.63, 3.8) is 0 Å². The first-order valence-corrected chi connectivity index (χ1v) is 7.77. The van der Waals surface area contributed by atoms with E-state index in [2.05, 4.69) is 63.6 Å². The lowest BCUT2D eigenvalue weighted by Crippen LogP contribution is -2.05. The predicted molar refractivity (Wildman–Crippen MR) is 85.8 cm³/mol. The third kappa shape index (κ3) is 3.16. The summed E-state index contributed by atoms with van der Waals surface area (Å²) in [5.41, 5.74) is 2.01. The second kappa shape index (κ2) is 6.13. The van der Waals surface area contributed by atoms with E-state index in [0.717, 1.165) is 33.9 Å². The Kier molecular flexibility index (Phi) is 4.06. The first-order chi connectivity index (χ1) is 10.3. The van der Waals surface area contributed by atoms with Crippen molar-refractivity contribution in [3.8, 4) is 0 Å². The molecule has 3 rings (SSSR count). The molecule has 21 heavy (non-hydrogen) atoms. The summed E-state index contributed by atoms with van der Waals surface area (Å²) >= 11 is 1.63. The first kappa shape index (κ1) is 13.9. The third-order valence-electron chi connectivity index (χ3n) is 3.04. The maximum atomic E-state index is 4.61. The molecule has 0 atom stereocenters. The summed E-state index contributed by atoms with van der Waals surface area (Å²) in [7, 11) is 0. The molecule has 6 heteroatoms. The molecule has 0 aliphatic heterocycles. The Hall–Kier alpha value is -2.08. The highest BCUT2D eigenvalue weighted by molar-refractivity contribution is 7.99. The van der Waals surface area contributed by atoms with E-state index in [1.54, 1.807) is 18.0 Å². The van der Waals surface area contributed by atoms with E-state index in [1.165, 1.54) is 5.56 Å². The number of aromatic amines is 1. The lowest BCUT2D eigenvalue weighted by Gasteiger charge is -2.07. The molecule has 0 aliphatic carbocycles. The molecule has 0 aliphatic rings. The molecular weight excluding hydrogens is 282 g/mol. The first-order valence-electron chi connectivity index (χ1n) is 6.96. The number of anilines is 1. The van der Waals surface area contributed by atoms with Crippen LogP contribution < -0.4 is 5.32 Å². The van der Waals surface area contributed by atoms with Crippen LogP contribution in [0.15, 0.2) is 40.4 Å². The normalized spacial score (nSPS) is 11.0. The monoisotopic (exact) mass is 299 g/mol. The van der Waals surface area contributed by atoms with Crippen molar-refractivity contribution in [1.29, 1.82) is 0 Å². The molecule has 0 bridgehead atoms. The van der Waals surface area contributed by atoms with Gasteiger partial charge in [-0.1, -0.05) is 36.4 Å². The zero-order valence-electron chi connectivity index (χ0n) is 12.1. The number of rotatable bonds is 5. The largest absolute Gasteiger partial charge is 0.354 e. The van der Waals surface area contributed by atoms with Gasteiger partial charge in [0.05, 0.1) is 11.6 Å². The maximum Gasteiger partial charge on any atom is 0.225 e. The second-order valence-corrected chi connectivity index (χ2v) is 5.89. The molecule has 108 valence electrons. The minimum absolute atomic E-state index is 0.642. The minimum atomic E-state index is 0.642. The highest BCUT2D eigenvalue weighted by Crippen LogP contribution is 2.31. The Balaban J connectivity index is 1.95. The Morgan fingerprint density at radius 3 is 2.76 bits per heavy atom. The van der Waals surface area contributed by atoms with Crippen LogP contribution in [0, 0.1) is 6.92 Å². The van der Waals surface area contributed by atoms with Gasteiger partial charge in [-0.25, -0.2) is 4.98 Å². The van der Waals surface area contributed by atoms with Gasteiger partial charge in [-0.15, -0.1) is 0 Å². The van der Waals surface area contributed by atoms with Crippen molar-refractivity contribution in [2.45, 2.75) is 30.2 Å². The molecule has 2 aromatic heterocycles. The zero-order chi connectivity index (χ0) is 14.7. The van der Waals surface area contributed by atoms with Gasteiger partial charge in [0.2, 0.25) is 5.95 Å². The van der Waals surface area contributed by atoms with Crippen molar-refractivity contribution in [3.05, 3.63) is 36.0 Å². The number of hydrogen-bond donors (Lipinski definition) is 2. The van der Waals surface area contributed by atoms with Crippen LogP contribution in [0.3, 0.4) is 0 Å². The van der Waals surface area contributed by atoms with Crippen molar-refractivity contribution >= 4 is 28.7 Å². The quantitative estimate of drug-likeness (QED) is 0.704. The molecule has 0 unspecified atom stereocenters. The van der Waals surface area contributed by atoms with E-state index in [1.807, 2.05) is 0 Å². The van der Waals surface area contributed by atoms with Crippen LogP contribution in [-0.4, -0.2) is 26.7 Å². The molecule has 0 spiro atoms. The number of aryl methyl sites for hydroxylation is 1. The van der Waals surface area contributed by atoms with Gasteiger partial charge in [0, 0.05) is 11.4 Å². The van der Waals surface area contributed by atoms with Gasteiger partial charge in [0.15, 0.2) is 5.65 Å². The Labute approximate surface area is 127 Å². The van der Waals surface area contributed by atoms with Gasteiger partial charge in [-0.2, -0.15) is 10.1 Å². The number of benzene rings is 1. The smallest absolute Gasteiger partial charge is 0.225 e. The van der Waals surface area contributed by atoms with E-state index < -0.39 is 0 Å². The lowest BCUT2D eigenvalue weighted by molar-refractivity contribution is 0.943. The summed E-state index contributed by atoms with van der Waals surface area (Å²) in [6, 6.07) is 8.42. The average Bonchev–Trinajstić information content (AvgIpc) is 2.96. The fourth-order valence-corrected chi connectivity index (χ4v) is 2.81. The van der Waals surface area contributed by atoms with Gasteiger partial charge in [0.25, 0.3) is 0 Å². The number of fused-ring (bicyclic) bond motifs is 1. The van der Waals surface area contributed by atoms with Crippen molar-refractivity contribution < 1.29 is 0 Å². The summed E-state index contributed by atoms with van der Waals surface area (Å²) in [6.45, 7) is 5.05. The van der Waals surface area contributed by atoms with Crippen LogP contribution in [0.4, 0.5) is 5.95 Å². The molecule has 1 aromatic carbocycles. The Bertz CT molecular complexity index is 735. The summed E-state index contributed by atoms with van der Waals surface area (Å²) < 4.78 is 0. The Morgan fingerprint density at radius 1 is 1.19 bits per heavy atom. The van der Waals surface area contributed by atoms with E-state index in [-0.39, 0.29) is 0 Å². The number of nitrogens with zero attached hydrogens (tertiary/aromatic N) is 3. The number of aromatic nitrogens is 4. The van der Waals surface area contributed by atoms with E-state index in [4.69, 9.17) is 0 Å². The topological polar surface area (TPSA) is 66.5 Å². The molecule has 5 nitrogen and oxygen atoms in total. The summed E-state index contributed by atoms with van der Waals surface area (Å²) in [5.74, 6) is 0.642. The van der Waals surface area contributed by atoms with Gasteiger partial charge in [-0.05, 0) is 25.5 Å². The molecule has 0 radical (unpaired) electrons. The molecule has 0 fully saturated rings. The summed E-state index contributed by atoms with van der Waals surface area (Å²) in [6.07, 6.45) is 2.81. The van der Waals surface area contributed by atoms with E-state index in [0.29, 0.717) is 5.95 Å². The number of hydrogen-bond acceptors (Lipinski definition) is 5. The van der Waals surface area contributed by atoms with Crippen LogP contribution in [-0.2, 0) is 0 Å². The second-order valence-electron chi connectivity index (χ2n) is 4.83. The number of nitrogens with one attached hydrogen (secondary N) is 2. The zero-order valence-corrected chi connectivity index (χ0v) is 12.9. The van der Waals surface area contributed by atoms with Crippen LogP contribution in [0.5, 0.6) is 0 Å². The van der Waals surface area contributed by atoms with Crippen molar-refractivity contribution in [2.75, 3.05) is 11.9 Å². The maximum absolute atomic E-state index is 4.61. The van der Waals surface area contributed by atoms with Gasteiger partial charge >= 0.3 is 0 Å². The van der Waals surface area contributed by atoms with Crippen molar-refractivity contribution in [1.82, 2.24) is 20.2 Å². The van der Waals surface area contributed by atoms with Gasteiger partial charge in [-0.3, -0.25) is 5.10 Å².